The van der Waals surface area contributed by atoms with Gasteiger partial charge >= 0.3 is 5.97 Å². The number of hydrogen-bond donors (Lipinski definition) is 0. The number of carbonyl (C=O) groups is 2. The van der Waals surface area contributed by atoms with E-state index in [9.17, 15) is 19.7 Å². The van der Waals surface area contributed by atoms with Crippen LogP contribution in [0.25, 0.3) is 0 Å². The molecule has 0 heterocycles. The molecule has 0 radical (unpaired) electrons. The molecule has 0 bridgehead atoms. The Morgan fingerprint density at radius 2 is 2.00 bits per heavy atom. The summed E-state index contributed by atoms with van der Waals surface area (Å²) in [6.45, 7) is 4.72. The number of rotatable bonds is 5. The highest BCUT2D eigenvalue weighted by molar-refractivity contribution is 5.95. The molecule has 0 saturated heterocycles. The van der Waals surface area contributed by atoms with E-state index in [1.165, 1.54) is 25.1 Å². The fourth-order valence-electron chi connectivity index (χ4n) is 1.56. The highest BCUT2D eigenvalue weighted by atomic mass is 16.6. The highest BCUT2D eigenvalue weighted by Crippen LogP contribution is 2.21. The molecule has 6 heteroatoms. The maximum atomic E-state index is 11.5. The van der Waals surface area contributed by atoms with E-state index in [-0.39, 0.29) is 35.1 Å². The van der Waals surface area contributed by atoms with Crippen molar-refractivity contribution in [3.05, 3.63) is 39.4 Å². The molecule has 102 valence electrons. The quantitative estimate of drug-likeness (QED) is 0.353. The first-order valence-corrected chi connectivity index (χ1v) is 5.79. The topological polar surface area (TPSA) is 86.5 Å². The number of nitro groups is 1. The Balaban J connectivity index is 3.04. The summed E-state index contributed by atoms with van der Waals surface area (Å²) in [7, 11) is 0. The standard InChI is InChI=1S/C13H15NO5/c1-8(2)19-13(16)7-11-5-4-10(9(3)15)6-12(11)14(17)18/h4-6,8H,7H2,1-3H3. The zero-order valence-electron chi connectivity index (χ0n) is 11.0. The second-order valence-electron chi connectivity index (χ2n) is 4.37. The van der Waals surface area contributed by atoms with Crippen LogP contribution in [0.3, 0.4) is 0 Å². The molecule has 1 aromatic carbocycles. The summed E-state index contributed by atoms with van der Waals surface area (Å²) in [5.74, 6) is -0.798. The first kappa shape index (κ1) is 14.8. The first-order valence-electron chi connectivity index (χ1n) is 5.79. The third kappa shape index (κ3) is 4.17. The van der Waals surface area contributed by atoms with Crippen molar-refractivity contribution in [2.45, 2.75) is 33.3 Å². The first-order chi connectivity index (χ1) is 8.81. The Morgan fingerprint density at radius 3 is 2.47 bits per heavy atom. The summed E-state index contributed by atoms with van der Waals surface area (Å²) < 4.78 is 4.94. The van der Waals surface area contributed by atoms with Gasteiger partial charge in [-0.15, -0.1) is 0 Å². The molecule has 0 fully saturated rings. The summed E-state index contributed by atoms with van der Waals surface area (Å²) in [6, 6.07) is 4.06. The summed E-state index contributed by atoms with van der Waals surface area (Å²) >= 11 is 0. The molecule has 1 rings (SSSR count). The Hall–Kier alpha value is -2.24. The summed E-state index contributed by atoms with van der Waals surface area (Å²) in [5.41, 5.74) is 0.238. The molecule has 0 saturated carbocycles. The Bertz CT molecular complexity index is 522. The van der Waals surface area contributed by atoms with Crippen molar-refractivity contribution >= 4 is 17.4 Å². The molecule has 0 aliphatic carbocycles. The van der Waals surface area contributed by atoms with Gasteiger partial charge in [0.1, 0.15) is 0 Å². The Morgan fingerprint density at radius 1 is 1.37 bits per heavy atom. The van der Waals surface area contributed by atoms with Crippen molar-refractivity contribution in [1.82, 2.24) is 0 Å². The zero-order chi connectivity index (χ0) is 14.6. The summed E-state index contributed by atoms with van der Waals surface area (Å²) in [5, 5.41) is 10.9. The number of carbonyl (C=O) groups excluding carboxylic acids is 2. The monoisotopic (exact) mass is 265 g/mol. The third-order valence-corrected chi connectivity index (χ3v) is 2.39. The van der Waals surface area contributed by atoms with Crippen molar-refractivity contribution < 1.29 is 19.2 Å². The molecule has 0 atom stereocenters. The number of Topliss-reactive ketones (excluding diaryl/α,β-unsaturated/α-hetero) is 1. The van der Waals surface area contributed by atoms with Gasteiger partial charge in [-0.25, -0.2) is 0 Å². The summed E-state index contributed by atoms with van der Waals surface area (Å²) in [4.78, 5) is 33.0. The van der Waals surface area contributed by atoms with Gasteiger partial charge in [-0.1, -0.05) is 12.1 Å². The van der Waals surface area contributed by atoms with Crippen LogP contribution in [0.1, 0.15) is 36.7 Å². The maximum absolute atomic E-state index is 11.5. The molecule has 0 aromatic heterocycles. The van der Waals surface area contributed by atoms with Crippen molar-refractivity contribution in [2.75, 3.05) is 0 Å². The van der Waals surface area contributed by atoms with Gasteiger partial charge < -0.3 is 4.74 Å². The van der Waals surface area contributed by atoms with Crippen molar-refractivity contribution in [1.29, 1.82) is 0 Å². The lowest BCUT2D eigenvalue weighted by molar-refractivity contribution is -0.385. The van der Waals surface area contributed by atoms with Crippen molar-refractivity contribution in [2.24, 2.45) is 0 Å². The number of nitro benzene ring substituents is 1. The second kappa shape index (κ2) is 6.08. The fourth-order valence-corrected chi connectivity index (χ4v) is 1.56. The largest absolute Gasteiger partial charge is 0.463 e. The van der Waals surface area contributed by atoms with E-state index in [4.69, 9.17) is 4.74 Å². The molecule has 0 aliphatic rings. The number of benzene rings is 1. The lowest BCUT2D eigenvalue weighted by atomic mass is 10.0. The van der Waals surface area contributed by atoms with E-state index in [1.807, 2.05) is 0 Å². The van der Waals surface area contributed by atoms with E-state index in [2.05, 4.69) is 0 Å². The van der Waals surface area contributed by atoms with Gasteiger partial charge in [0.2, 0.25) is 0 Å². The van der Waals surface area contributed by atoms with Gasteiger partial charge in [-0.05, 0) is 20.8 Å². The lowest BCUT2D eigenvalue weighted by Gasteiger charge is -2.08. The van der Waals surface area contributed by atoms with Crippen LogP contribution in [0, 0.1) is 10.1 Å². The molecule has 19 heavy (non-hydrogen) atoms. The van der Waals surface area contributed by atoms with Gasteiger partial charge in [0.05, 0.1) is 17.4 Å². The minimum atomic E-state index is -0.607. The predicted molar refractivity (Wildman–Crippen MR) is 68.0 cm³/mol. The van der Waals surface area contributed by atoms with Gasteiger partial charge in [-0.3, -0.25) is 19.7 Å². The highest BCUT2D eigenvalue weighted by Gasteiger charge is 2.19. The third-order valence-electron chi connectivity index (χ3n) is 2.39. The minimum Gasteiger partial charge on any atom is -0.463 e. The maximum Gasteiger partial charge on any atom is 0.310 e. The van der Waals surface area contributed by atoms with E-state index >= 15 is 0 Å². The van der Waals surface area contributed by atoms with Gasteiger partial charge in [0.15, 0.2) is 5.78 Å². The molecular weight excluding hydrogens is 250 g/mol. The lowest BCUT2D eigenvalue weighted by Crippen LogP contribution is -2.14. The Kier molecular flexibility index (Phi) is 4.74. The number of ketones is 1. The molecule has 6 nitrogen and oxygen atoms in total. The van der Waals surface area contributed by atoms with E-state index < -0.39 is 10.9 Å². The van der Waals surface area contributed by atoms with Crippen LogP contribution in [0.15, 0.2) is 18.2 Å². The number of esters is 1. The molecule has 1 aromatic rings. The van der Waals surface area contributed by atoms with Crippen molar-refractivity contribution in [3.8, 4) is 0 Å². The van der Waals surface area contributed by atoms with Crippen LogP contribution in [0.4, 0.5) is 5.69 Å². The van der Waals surface area contributed by atoms with Crippen LogP contribution < -0.4 is 0 Å². The molecule has 0 aliphatic heterocycles. The van der Waals surface area contributed by atoms with Crippen LogP contribution in [0.5, 0.6) is 0 Å². The smallest absolute Gasteiger partial charge is 0.310 e. The average molecular weight is 265 g/mol. The summed E-state index contributed by atoms with van der Waals surface area (Å²) in [6.07, 6.45) is -0.463. The van der Waals surface area contributed by atoms with E-state index in [0.717, 1.165) is 0 Å². The zero-order valence-corrected chi connectivity index (χ0v) is 11.0. The van der Waals surface area contributed by atoms with E-state index in [1.54, 1.807) is 13.8 Å². The van der Waals surface area contributed by atoms with Crippen LogP contribution in [-0.4, -0.2) is 22.8 Å². The number of hydrogen-bond acceptors (Lipinski definition) is 5. The second-order valence-corrected chi connectivity index (χ2v) is 4.37. The molecule has 0 spiro atoms. The normalized spacial score (nSPS) is 10.3. The van der Waals surface area contributed by atoms with Crippen LogP contribution in [-0.2, 0) is 16.0 Å². The Labute approximate surface area is 110 Å². The SMILES string of the molecule is CC(=O)c1ccc(CC(=O)OC(C)C)c([N+](=O)[O-])c1. The van der Waals surface area contributed by atoms with Gasteiger partial charge in [0.25, 0.3) is 5.69 Å². The molecule has 0 unspecified atom stereocenters. The van der Waals surface area contributed by atoms with Crippen molar-refractivity contribution in [3.63, 3.8) is 0 Å². The molecule has 0 N–H and O–H groups in total. The average Bonchev–Trinajstić information content (AvgIpc) is 2.27. The minimum absolute atomic E-state index is 0.188. The van der Waals surface area contributed by atoms with E-state index in [0.29, 0.717) is 0 Å². The number of ether oxygens (including phenoxy) is 1. The molecular formula is C13H15NO5. The van der Waals surface area contributed by atoms with Gasteiger partial charge in [0, 0.05) is 17.2 Å². The van der Waals surface area contributed by atoms with Crippen LogP contribution >= 0.6 is 0 Å². The van der Waals surface area contributed by atoms with Crippen LogP contribution in [0.2, 0.25) is 0 Å². The predicted octanol–water partition coefficient (Wildman–Crippen LogP) is 2.29. The fraction of sp³-hybridized carbons (Fsp3) is 0.385. The van der Waals surface area contributed by atoms with Gasteiger partial charge in [-0.2, -0.15) is 0 Å². The molecule has 0 amide bonds. The number of nitrogens with zero attached hydrogens (tertiary/aromatic N) is 1.